The van der Waals surface area contributed by atoms with Gasteiger partial charge in [-0.1, -0.05) is 29.2 Å². The van der Waals surface area contributed by atoms with E-state index in [0.29, 0.717) is 20.7 Å². The van der Waals surface area contributed by atoms with Crippen LogP contribution >= 0.6 is 23.1 Å². The van der Waals surface area contributed by atoms with Crippen LogP contribution in [0.5, 0.6) is 0 Å². The zero-order valence-electron chi connectivity index (χ0n) is 15.0. The minimum absolute atomic E-state index is 0.111. The van der Waals surface area contributed by atoms with Crippen LogP contribution in [0.2, 0.25) is 0 Å². The molecule has 11 heteroatoms. The lowest BCUT2D eigenvalue weighted by Crippen LogP contribution is -2.22. The van der Waals surface area contributed by atoms with Crippen LogP contribution in [-0.4, -0.2) is 59.5 Å². The van der Waals surface area contributed by atoms with Gasteiger partial charge in [0.25, 0.3) is 5.91 Å². The first-order valence-corrected chi connectivity index (χ1v) is 9.71. The number of anilines is 2. The second kappa shape index (κ2) is 9.88. The van der Waals surface area contributed by atoms with Crippen molar-refractivity contribution in [2.75, 3.05) is 37.1 Å². The summed E-state index contributed by atoms with van der Waals surface area (Å²) in [6, 6.07) is 6.72. The molecule has 0 saturated heterocycles. The predicted octanol–water partition coefficient (Wildman–Crippen LogP) is 2.54. The number of carbonyl (C=O) groups is 3. The van der Waals surface area contributed by atoms with Gasteiger partial charge < -0.3 is 15.0 Å². The highest BCUT2D eigenvalue weighted by atomic mass is 32.2. The number of benzene rings is 1. The molecule has 0 saturated carbocycles. The zero-order chi connectivity index (χ0) is 19.8. The van der Waals surface area contributed by atoms with E-state index in [9.17, 15) is 14.4 Å². The fourth-order valence-corrected chi connectivity index (χ4v) is 3.42. The number of amides is 3. The smallest absolute Gasteiger partial charge is 0.413 e. The van der Waals surface area contributed by atoms with Gasteiger partial charge in [0.15, 0.2) is 4.34 Å². The maximum absolute atomic E-state index is 12.1. The van der Waals surface area contributed by atoms with Gasteiger partial charge in [-0.15, -0.1) is 10.2 Å². The van der Waals surface area contributed by atoms with E-state index in [1.165, 1.54) is 16.7 Å². The number of carbonyl (C=O) groups excluding carboxylic acids is 3. The first kappa shape index (κ1) is 20.6. The van der Waals surface area contributed by atoms with Crippen LogP contribution < -0.4 is 10.6 Å². The van der Waals surface area contributed by atoms with Crippen molar-refractivity contribution < 1.29 is 19.1 Å². The summed E-state index contributed by atoms with van der Waals surface area (Å²) in [6.45, 7) is 1.96. The molecule has 1 aromatic carbocycles. The molecule has 27 heavy (non-hydrogen) atoms. The van der Waals surface area contributed by atoms with Crippen LogP contribution in [0.1, 0.15) is 17.3 Å². The normalized spacial score (nSPS) is 10.2. The van der Waals surface area contributed by atoms with E-state index in [1.54, 1.807) is 45.3 Å². The maximum atomic E-state index is 12.1. The maximum Gasteiger partial charge on any atom is 0.413 e. The number of rotatable bonds is 7. The lowest BCUT2D eigenvalue weighted by atomic mass is 10.2. The highest BCUT2D eigenvalue weighted by Gasteiger charge is 2.12. The van der Waals surface area contributed by atoms with Crippen LogP contribution in [0.3, 0.4) is 0 Å². The molecule has 0 bridgehead atoms. The predicted molar refractivity (Wildman–Crippen MR) is 104 cm³/mol. The molecular formula is C16H19N5O4S2. The van der Waals surface area contributed by atoms with Gasteiger partial charge in [0.1, 0.15) is 0 Å². The van der Waals surface area contributed by atoms with Crippen molar-refractivity contribution in [1.29, 1.82) is 0 Å². The molecule has 0 unspecified atom stereocenters. The van der Waals surface area contributed by atoms with E-state index in [4.69, 9.17) is 4.74 Å². The molecule has 0 aliphatic heterocycles. The average Bonchev–Trinajstić information content (AvgIpc) is 3.07. The number of aromatic nitrogens is 2. The molecule has 144 valence electrons. The van der Waals surface area contributed by atoms with Crippen molar-refractivity contribution in [2.24, 2.45) is 0 Å². The molecule has 0 spiro atoms. The minimum atomic E-state index is -0.602. The molecular weight excluding hydrogens is 390 g/mol. The summed E-state index contributed by atoms with van der Waals surface area (Å²) in [5, 5.41) is 13.2. The topological polar surface area (TPSA) is 114 Å². The summed E-state index contributed by atoms with van der Waals surface area (Å²) in [5.41, 5.74) is 1.03. The summed E-state index contributed by atoms with van der Waals surface area (Å²) >= 11 is 2.33. The monoisotopic (exact) mass is 409 g/mol. The molecule has 2 aromatic rings. The molecule has 2 N–H and O–H groups in total. The Morgan fingerprint density at radius 1 is 1.22 bits per heavy atom. The lowest BCUT2D eigenvalue weighted by Gasteiger charge is -2.11. The van der Waals surface area contributed by atoms with E-state index >= 15 is 0 Å². The van der Waals surface area contributed by atoms with Crippen LogP contribution in [0.4, 0.5) is 15.6 Å². The number of hydrogen-bond donors (Lipinski definition) is 2. The molecule has 3 amide bonds. The third-order valence-electron chi connectivity index (χ3n) is 3.02. The Hall–Kier alpha value is -2.66. The molecule has 2 rings (SSSR count). The minimum Gasteiger partial charge on any atom is -0.450 e. The van der Waals surface area contributed by atoms with Crippen molar-refractivity contribution in [1.82, 2.24) is 15.1 Å². The molecule has 1 aromatic heterocycles. The summed E-state index contributed by atoms with van der Waals surface area (Å²) in [6.07, 6.45) is -0.602. The molecule has 0 atom stereocenters. The van der Waals surface area contributed by atoms with Gasteiger partial charge in [-0.2, -0.15) is 0 Å². The van der Waals surface area contributed by atoms with Gasteiger partial charge in [0, 0.05) is 25.3 Å². The molecule has 0 fully saturated rings. The largest absolute Gasteiger partial charge is 0.450 e. The van der Waals surface area contributed by atoms with E-state index < -0.39 is 6.09 Å². The number of nitrogens with one attached hydrogen (secondary N) is 2. The average molecular weight is 409 g/mol. The van der Waals surface area contributed by atoms with E-state index in [1.807, 2.05) is 0 Å². The molecule has 0 radical (unpaired) electrons. The van der Waals surface area contributed by atoms with Crippen molar-refractivity contribution in [3.05, 3.63) is 29.8 Å². The fraction of sp³-hybridized carbons (Fsp3) is 0.312. The zero-order valence-corrected chi connectivity index (χ0v) is 16.6. The Bertz CT molecular complexity index is 825. The third kappa shape index (κ3) is 6.53. The first-order chi connectivity index (χ1) is 12.9. The highest BCUT2D eigenvalue weighted by Crippen LogP contribution is 2.25. The summed E-state index contributed by atoms with van der Waals surface area (Å²) < 4.78 is 5.29. The number of ether oxygens (including phenoxy) is 1. The van der Waals surface area contributed by atoms with Gasteiger partial charge in [-0.3, -0.25) is 14.9 Å². The second-order valence-electron chi connectivity index (χ2n) is 5.34. The standard InChI is InChI=1S/C16H19N5O4S2/c1-4-25-15(24)18-14-19-20-16(27-14)26-9-12(22)17-11-7-5-6-10(8-11)13(23)21(2)3/h5-8H,4,9H2,1-3H3,(H,17,22)(H,18,19,24). The van der Waals surface area contributed by atoms with Crippen molar-refractivity contribution in [2.45, 2.75) is 11.3 Å². The quantitative estimate of drug-likeness (QED) is 0.533. The van der Waals surface area contributed by atoms with Crippen LogP contribution in [0, 0.1) is 0 Å². The van der Waals surface area contributed by atoms with Gasteiger partial charge in [0.2, 0.25) is 11.0 Å². The number of hydrogen-bond acceptors (Lipinski definition) is 8. The molecule has 0 aliphatic carbocycles. The SMILES string of the molecule is CCOC(=O)Nc1nnc(SCC(=O)Nc2cccc(C(=O)N(C)C)c2)s1. The van der Waals surface area contributed by atoms with E-state index in [0.717, 1.165) is 11.3 Å². The van der Waals surface area contributed by atoms with Gasteiger partial charge in [-0.25, -0.2) is 4.79 Å². The lowest BCUT2D eigenvalue weighted by molar-refractivity contribution is -0.113. The van der Waals surface area contributed by atoms with Crippen LogP contribution in [0.15, 0.2) is 28.6 Å². The number of nitrogens with zero attached hydrogens (tertiary/aromatic N) is 3. The van der Waals surface area contributed by atoms with Crippen molar-refractivity contribution >= 4 is 51.8 Å². The van der Waals surface area contributed by atoms with Crippen LogP contribution in [0.25, 0.3) is 0 Å². The Morgan fingerprint density at radius 2 is 2.00 bits per heavy atom. The summed E-state index contributed by atoms with van der Waals surface area (Å²) in [7, 11) is 3.33. The molecule has 1 heterocycles. The van der Waals surface area contributed by atoms with Crippen molar-refractivity contribution in [3.8, 4) is 0 Å². The molecule has 9 nitrogen and oxygen atoms in total. The number of thioether (sulfide) groups is 1. The second-order valence-corrected chi connectivity index (χ2v) is 7.54. The van der Waals surface area contributed by atoms with E-state index in [-0.39, 0.29) is 24.2 Å². The van der Waals surface area contributed by atoms with Gasteiger partial charge in [-0.05, 0) is 25.1 Å². The first-order valence-electron chi connectivity index (χ1n) is 7.90. The Morgan fingerprint density at radius 3 is 2.70 bits per heavy atom. The Balaban J connectivity index is 1.86. The fourth-order valence-electron chi connectivity index (χ4n) is 1.89. The van der Waals surface area contributed by atoms with Gasteiger partial charge >= 0.3 is 6.09 Å². The summed E-state index contributed by atoms with van der Waals surface area (Å²) in [5.74, 6) is -0.277. The Labute approximate surface area is 164 Å². The highest BCUT2D eigenvalue weighted by molar-refractivity contribution is 8.01. The van der Waals surface area contributed by atoms with Crippen LogP contribution in [-0.2, 0) is 9.53 Å². The third-order valence-corrected chi connectivity index (χ3v) is 4.99. The van der Waals surface area contributed by atoms with Gasteiger partial charge in [0.05, 0.1) is 12.4 Å². The molecule has 0 aliphatic rings. The van der Waals surface area contributed by atoms with E-state index in [2.05, 4.69) is 20.8 Å². The summed E-state index contributed by atoms with van der Waals surface area (Å²) in [4.78, 5) is 36.9. The Kier molecular flexibility index (Phi) is 7.55. The van der Waals surface area contributed by atoms with Crippen molar-refractivity contribution in [3.63, 3.8) is 0 Å².